The van der Waals surface area contributed by atoms with Gasteiger partial charge in [0.2, 0.25) is 5.91 Å². The van der Waals surface area contributed by atoms with E-state index < -0.39 is 4.92 Å². The van der Waals surface area contributed by atoms with Crippen LogP contribution in [0.3, 0.4) is 0 Å². The summed E-state index contributed by atoms with van der Waals surface area (Å²) < 4.78 is 0. The van der Waals surface area contributed by atoms with Crippen LogP contribution in [0.2, 0.25) is 0 Å². The number of fused-ring (bicyclic) bond motifs is 1. The van der Waals surface area contributed by atoms with E-state index >= 15 is 0 Å². The van der Waals surface area contributed by atoms with Gasteiger partial charge >= 0.3 is 0 Å². The molecule has 1 N–H and O–H groups in total. The Labute approximate surface area is 162 Å². The number of thiophene rings is 1. The normalized spacial score (nSPS) is 19.6. The average Bonchev–Trinajstić information content (AvgIpc) is 3.33. The Hall–Kier alpha value is -2.25. The minimum atomic E-state index is -0.437. The zero-order valence-corrected chi connectivity index (χ0v) is 16.3. The topological polar surface area (TPSA) is 75.5 Å². The van der Waals surface area contributed by atoms with Gasteiger partial charge in [0.15, 0.2) is 0 Å². The van der Waals surface area contributed by atoms with Crippen molar-refractivity contribution in [3.63, 3.8) is 0 Å². The third kappa shape index (κ3) is 3.61. The first-order valence-electron chi connectivity index (χ1n) is 9.30. The molecule has 1 saturated carbocycles. The minimum Gasteiger partial charge on any atom is -0.319 e. The Morgan fingerprint density at radius 2 is 2.07 bits per heavy atom. The fourth-order valence-corrected chi connectivity index (χ4v) is 4.88. The number of nitrogens with zero attached hydrogens (tertiary/aromatic N) is 2. The molecule has 0 radical (unpaired) electrons. The van der Waals surface area contributed by atoms with Gasteiger partial charge in [-0.2, -0.15) is 0 Å². The number of carbonyl (C=O) groups excluding carboxylic acids is 1. The molecule has 1 aliphatic heterocycles. The van der Waals surface area contributed by atoms with Gasteiger partial charge in [-0.3, -0.25) is 19.8 Å². The van der Waals surface area contributed by atoms with Gasteiger partial charge in [-0.05, 0) is 73.2 Å². The van der Waals surface area contributed by atoms with Gasteiger partial charge < -0.3 is 5.32 Å². The van der Waals surface area contributed by atoms with Crippen molar-refractivity contribution in [2.45, 2.75) is 39.2 Å². The molecule has 27 heavy (non-hydrogen) atoms. The number of nitro benzene ring substituents is 1. The summed E-state index contributed by atoms with van der Waals surface area (Å²) in [5.74, 6) is 0.438. The zero-order chi connectivity index (χ0) is 19.1. The highest BCUT2D eigenvalue weighted by Gasteiger charge is 2.40. The van der Waals surface area contributed by atoms with Gasteiger partial charge in [0.25, 0.3) is 5.69 Å². The molecule has 0 unspecified atom stereocenters. The highest BCUT2D eigenvalue weighted by molar-refractivity contribution is 7.10. The lowest BCUT2D eigenvalue weighted by molar-refractivity contribution is -0.384. The van der Waals surface area contributed by atoms with Crippen molar-refractivity contribution in [3.8, 4) is 0 Å². The van der Waals surface area contributed by atoms with Gasteiger partial charge in [0.1, 0.15) is 5.69 Å². The van der Waals surface area contributed by atoms with Crippen LogP contribution in [0.15, 0.2) is 23.6 Å². The van der Waals surface area contributed by atoms with E-state index in [2.05, 4.69) is 21.7 Å². The van der Waals surface area contributed by atoms with Crippen LogP contribution >= 0.6 is 11.3 Å². The molecule has 1 fully saturated rings. The molecule has 2 aromatic rings. The molecule has 0 spiro atoms. The Kier molecular flexibility index (Phi) is 4.74. The quantitative estimate of drug-likeness (QED) is 0.618. The smallest absolute Gasteiger partial charge is 0.293 e. The van der Waals surface area contributed by atoms with Gasteiger partial charge in [-0.25, -0.2) is 0 Å². The summed E-state index contributed by atoms with van der Waals surface area (Å²) in [5.41, 5.74) is 3.37. The summed E-state index contributed by atoms with van der Waals surface area (Å²) in [7, 11) is 0. The second kappa shape index (κ2) is 7.05. The number of hydrogen-bond acceptors (Lipinski definition) is 5. The SMILES string of the molecule is Cc1cc(NC(=O)CN2CCc3sccc3[C@H]2C2CC2)c([N+](=O)[O-])cc1C. The third-order valence-corrected chi connectivity index (χ3v) is 6.61. The number of hydrogen-bond donors (Lipinski definition) is 1. The predicted octanol–water partition coefficient (Wildman–Crippen LogP) is 4.22. The Bertz CT molecular complexity index is 904. The van der Waals surface area contributed by atoms with Crippen molar-refractivity contribution in [1.29, 1.82) is 0 Å². The van der Waals surface area contributed by atoms with Crippen molar-refractivity contribution in [3.05, 3.63) is 55.3 Å². The van der Waals surface area contributed by atoms with E-state index in [1.54, 1.807) is 17.4 Å². The fraction of sp³-hybridized carbons (Fsp3) is 0.450. The first-order chi connectivity index (χ1) is 12.9. The van der Waals surface area contributed by atoms with E-state index in [1.807, 2.05) is 13.8 Å². The molecule has 0 saturated heterocycles. The Balaban J connectivity index is 1.52. The molecule has 1 aromatic heterocycles. The van der Waals surface area contributed by atoms with Gasteiger partial charge in [0, 0.05) is 23.5 Å². The number of aryl methyl sites for hydroxylation is 2. The second-order valence-electron chi connectivity index (χ2n) is 7.56. The predicted molar refractivity (Wildman–Crippen MR) is 106 cm³/mol. The molecular weight excluding hydrogens is 362 g/mol. The maximum Gasteiger partial charge on any atom is 0.293 e. The number of anilines is 1. The molecule has 6 nitrogen and oxygen atoms in total. The molecule has 2 aliphatic rings. The van der Waals surface area contributed by atoms with E-state index in [1.165, 1.54) is 29.3 Å². The number of rotatable bonds is 5. The summed E-state index contributed by atoms with van der Waals surface area (Å²) >= 11 is 1.80. The summed E-state index contributed by atoms with van der Waals surface area (Å²) in [4.78, 5) is 27.3. The summed E-state index contributed by atoms with van der Waals surface area (Å²) in [6.07, 6.45) is 3.38. The monoisotopic (exact) mass is 385 g/mol. The maximum atomic E-state index is 12.7. The van der Waals surface area contributed by atoms with Crippen LogP contribution in [0.5, 0.6) is 0 Å². The fourth-order valence-electron chi connectivity index (χ4n) is 3.97. The molecule has 1 amide bonds. The first kappa shape index (κ1) is 18.1. The minimum absolute atomic E-state index is 0.0519. The number of amides is 1. The van der Waals surface area contributed by atoms with E-state index in [9.17, 15) is 14.9 Å². The highest BCUT2D eigenvalue weighted by atomic mass is 32.1. The van der Waals surface area contributed by atoms with Crippen LogP contribution in [0.4, 0.5) is 11.4 Å². The molecule has 1 atom stereocenters. The molecule has 142 valence electrons. The van der Waals surface area contributed by atoms with Gasteiger partial charge in [-0.15, -0.1) is 11.3 Å². The number of benzene rings is 1. The largest absolute Gasteiger partial charge is 0.319 e. The van der Waals surface area contributed by atoms with Crippen LogP contribution in [-0.2, 0) is 11.2 Å². The van der Waals surface area contributed by atoms with E-state index in [4.69, 9.17) is 0 Å². The van der Waals surface area contributed by atoms with Gasteiger partial charge in [-0.1, -0.05) is 0 Å². The Morgan fingerprint density at radius 1 is 1.33 bits per heavy atom. The second-order valence-corrected chi connectivity index (χ2v) is 8.56. The van der Waals surface area contributed by atoms with Gasteiger partial charge in [0.05, 0.1) is 11.5 Å². The Morgan fingerprint density at radius 3 is 2.78 bits per heavy atom. The first-order valence-corrected chi connectivity index (χ1v) is 10.2. The number of nitro groups is 1. The van der Waals surface area contributed by atoms with E-state index in [0.29, 0.717) is 12.0 Å². The summed E-state index contributed by atoms with van der Waals surface area (Å²) in [6, 6.07) is 5.72. The maximum absolute atomic E-state index is 12.7. The standard InChI is InChI=1S/C20H23N3O3S/c1-12-9-16(17(23(25)26)10-13(12)2)21-19(24)11-22-7-5-18-15(6-8-27-18)20(22)14-3-4-14/h6,8-10,14,20H,3-5,7,11H2,1-2H3,(H,21,24)/t20-/m1/s1. The lowest BCUT2D eigenvalue weighted by Gasteiger charge is -2.35. The number of nitrogens with one attached hydrogen (secondary N) is 1. The summed E-state index contributed by atoms with van der Waals surface area (Å²) in [6.45, 7) is 4.85. The average molecular weight is 385 g/mol. The molecule has 7 heteroatoms. The zero-order valence-electron chi connectivity index (χ0n) is 15.5. The van der Waals surface area contributed by atoms with Crippen molar-refractivity contribution in [2.24, 2.45) is 5.92 Å². The van der Waals surface area contributed by atoms with Crippen molar-refractivity contribution < 1.29 is 9.72 Å². The van der Waals surface area contributed by atoms with Crippen molar-refractivity contribution in [1.82, 2.24) is 4.90 Å². The van der Waals surface area contributed by atoms with Crippen molar-refractivity contribution in [2.75, 3.05) is 18.4 Å². The third-order valence-electron chi connectivity index (χ3n) is 5.62. The molecule has 1 aliphatic carbocycles. The molecule has 1 aromatic carbocycles. The van der Waals surface area contributed by atoms with E-state index in [-0.39, 0.29) is 23.8 Å². The molecular formula is C20H23N3O3S. The van der Waals surface area contributed by atoms with Crippen LogP contribution in [-0.4, -0.2) is 28.8 Å². The summed E-state index contributed by atoms with van der Waals surface area (Å²) in [5, 5.41) is 16.3. The lowest BCUT2D eigenvalue weighted by Crippen LogP contribution is -2.41. The molecule has 2 heterocycles. The van der Waals surface area contributed by atoms with Crippen LogP contribution in [0, 0.1) is 29.9 Å². The van der Waals surface area contributed by atoms with E-state index in [0.717, 1.165) is 24.1 Å². The number of carbonyl (C=O) groups is 1. The van der Waals surface area contributed by atoms with Crippen molar-refractivity contribution >= 4 is 28.6 Å². The van der Waals surface area contributed by atoms with Crippen LogP contribution in [0.1, 0.15) is 40.5 Å². The molecule has 0 bridgehead atoms. The molecule has 4 rings (SSSR count). The highest BCUT2D eigenvalue weighted by Crippen LogP contribution is 2.48. The van der Waals surface area contributed by atoms with Crippen LogP contribution < -0.4 is 5.32 Å². The van der Waals surface area contributed by atoms with Crippen LogP contribution in [0.25, 0.3) is 0 Å². The lowest BCUT2D eigenvalue weighted by atomic mass is 9.96.